The van der Waals surface area contributed by atoms with Crippen molar-refractivity contribution in [2.24, 2.45) is 15.3 Å². The van der Waals surface area contributed by atoms with Gasteiger partial charge in [-0.1, -0.05) is 46.7 Å². The van der Waals surface area contributed by atoms with Gasteiger partial charge < -0.3 is 33.4 Å². The van der Waals surface area contributed by atoms with Crippen LogP contribution in [0.1, 0.15) is 12.8 Å². The zero-order valence-electron chi connectivity index (χ0n) is 32.2. The number of nitrogens with zero attached hydrogens (tertiary/aromatic N) is 7. The molecule has 1 amide bonds. The van der Waals surface area contributed by atoms with Gasteiger partial charge in [-0.15, -0.1) is 0 Å². The Morgan fingerprint density at radius 2 is 1.26 bits per heavy atom. The Bertz CT molecular complexity index is 2550. The molecule has 23 nitrogen and oxygen atoms in total. The molecule has 0 aliphatic carbocycles. The van der Waals surface area contributed by atoms with E-state index >= 15 is 0 Å². The summed E-state index contributed by atoms with van der Waals surface area (Å²) in [5.41, 5.74) is -2.45. The first-order valence-electron chi connectivity index (χ1n) is 14.6. The van der Waals surface area contributed by atoms with Crippen molar-refractivity contribution in [3.63, 3.8) is 0 Å². The summed E-state index contributed by atoms with van der Waals surface area (Å²) < 4.78 is 136. The fraction of sp³-hybridized carbons (Fsp3) is 0.280. The molecule has 61 heavy (non-hydrogen) atoms. The third-order valence-electron chi connectivity index (χ3n) is 6.52. The van der Waals surface area contributed by atoms with Gasteiger partial charge in [0.05, 0.1) is 51.7 Å². The summed E-state index contributed by atoms with van der Waals surface area (Å²) in [6, 6.07) is 1.86. The second-order valence-electron chi connectivity index (χ2n) is 10.6. The number of halogens is 2. The molecule has 304 valence electrons. The minimum atomic E-state index is -5.32. The van der Waals surface area contributed by atoms with E-state index in [0.29, 0.717) is 11.1 Å². The monoisotopic (exact) mass is 1050 g/mol. The molecule has 1 N–H and O–H groups in total. The molecular weight excluding hydrogens is 1030 g/mol. The molecule has 4 rings (SSSR count). The van der Waals surface area contributed by atoms with Crippen molar-refractivity contribution in [1.82, 2.24) is 15.0 Å². The summed E-state index contributed by atoms with van der Waals surface area (Å²) in [5.74, 6) is -4.91. The van der Waals surface area contributed by atoms with E-state index in [1.807, 2.05) is 0 Å². The molecule has 2 aromatic carbocycles. The van der Waals surface area contributed by atoms with Crippen molar-refractivity contribution in [2.45, 2.75) is 39.0 Å². The summed E-state index contributed by atoms with van der Waals surface area (Å²) in [6.07, 6.45) is -0.169. The van der Waals surface area contributed by atoms with Crippen LogP contribution < -0.4 is 163 Å². The van der Waals surface area contributed by atoms with E-state index in [1.165, 1.54) is 0 Å². The van der Waals surface area contributed by atoms with Crippen LogP contribution in [0.15, 0.2) is 65.8 Å². The molecule has 0 saturated heterocycles. The molecule has 0 spiro atoms. The maximum absolute atomic E-state index is 13.3. The third kappa shape index (κ3) is 20.3. The average molecular weight is 1050 g/mol. The number of amides is 1. The zero-order chi connectivity index (χ0) is 41.8. The molecule has 0 fully saturated rings. The Morgan fingerprint density at radius 1 is 0.754 bits per heavy atom. The number of hydrazone groups is 1. The van der Waals surface area contributed by atoms with Crippen LogP contribution in [0.5, 0.6) is 0 Å². The number of carbonyl (C=O) groups excluding carboxylic acids is 2. The molecule has 1 aliphatic heterocycles. The Morgan fingerprint density at radius 3 is 1.72 bits per heavy atom. The van der Waals surface area contributed by atoms with Crippen LogP contribution in [0.4, 0.5) is 23.0 Å². The molecule has 1 aromatic heterocycles. The van der Waals surface area contributed by atoms with Gasteiger partial charge in [0.1, 0.15) is 31.6 Å². The first kappa shape index (κ1) is 64.5. The predicted molar refractivity (Wildman–Crippen MR) is 190 cm³/mol. The van der Waals surface area contributed by atoms with Crippen LogP contribution in [0.3, 0.4) is 0 Å². The molecule has 1 aliphatic rings. The van der Waals surface area contributed by atoms with Gasteiger partial charge in [-0.25, -0.2) is 33.7 Å². The Hall–Kier alpha value is 1.38. The number of azo groups is 1. The fourth-order valence-corrected chi connectivity index (χ4v) is 9.07. The summed E-state index contributed by atoms with van der Waals surface area (Å²) in [6.45, 7) is 0. The number of hydrogen-bond acceptors (Lipinski definition) is 24. The van der Waals surface area contributed by atoms with Crippen LogP contribution in [0, 0.1) is 0 Å². The van der Waals surface area contributed by atoms with Gasteiger partial charge in [0.2, 0.25) is 5.95 Å². The normalized spacial score (nSPS) is 14.1. The third-order valence-corrected chi connectivity index (χ3v) is 12.4. The number of carbonyl (C=O) groups is 2. The number of benzene rings is 2. The molecule has 1 atom stereocenters. The first-order chi connectivity index (χ1) is 25.8. The van der Waals surface area contributed by atoms with Gasteiger partial charge >= 0.3 is 148 Å². The van der Waals surface area contributed by atoms with Crippen LogP contribution in [-0.2, 0) is 50.1 Å². The summed E-state index contributed by atoms with van der Waals surface area (Å²) in [7, 11) is -19.5. The van der Waals surface area contributed by atoms with E-state index in [-0.39, 0.29) is 194 Å². The number of aromatic nitrogens is 3. The van der Waals surface area contributed by atoms with Gasteiger partial charge in [0.25, 0.3) is 5.91 Å². The number of aliphatic carboxylic acids is 1. The predicted octanol–water partition coefficient (Wildman–Crippen LogP) is -14.6. The molecule has 36 heteroatoms. The summed E-state index contributed by atoms with van der Waals surface area (Å²) >= 11 is 13.7. The van der Waals surface area contributed by atoms with Crippen LogP contribution in [0.25, 0.3) is 0 Å². The maximum Gasteiger partial charge on any atom is 1.00 e. The van der Waals surface area contributed by atoms with Crippen molar-refractivity contribution in [2.75, 3.05) is 33.3 Å². The average Bonchev–Trinajstić information content (AvgIpc) is 3.39. The smallest absolute Gasteiger partial charge is 0.748 e. The largest absolute Gasteiger partial charge is 1.00 e. The van der Waals surface area contributed by atoms with Crippen LogP contribution in [0.2, 0.25) is 10.0 Å². The number of anilines is 3. The second kappa shape index (κ2) is 27.4. The molecule has 1 unspecified atom stereocenters. The fourth-order valence-electron chi connectivity index (χ4n) is 4.20. The Balaban J connectivity index is 0. The van der Waals surface area contributed by atoms with Gasteiger partial charge in [-0.3, -0.25) is 4.79 Å². The van der Waals surface area contributed by atoms with Crippen molar-refractivity contribution < 1.29 is 214 Å². The molecule has 0 bridgehead atoms. The van der Waals surface area contributed by atoms with E-state index in [2.05, 4.69) is 35.6 Å². The first-order valence-corrected chi connectivity index (χ1v) is 23.3. The molecule has 0 radical (unpaired) electrons. The van der Waals surface area contributed by atoms with Crippen molar-refractivity contribution in [3.05, 3.63) is 40.4 Å². The topological polar surface area (TPSA) is 377 Å². The van der Waals surface area contributed by atoms with Gasteiger partial charge in [0.15, 0.2) is 16.4 Å². The summed E-state index contributed by atoms with van der Waals surface area (Å²) in [5, 5.41) is 24.4. The number of carboxylic acids is 1. The van der Waals surface area contributed by atoms with Gasteiger partial charge in [-0.05, 0) is 43.2 Å². The number of hydrogen-bond donors (Lipinski definition) is 1. The maximum atomic E-state index is 13.3. The minimum Gasteiger partial charge on any atom is -0.748 e. The SMILES string of the molecule is O=C([O-])C1=NN(c2cc(Cl)c(S(=O)(=O)[O-])cc2Cl)C(=O)C1N=Nc1cc(Nc2nc(SCCCS(=O)(=O)[O-])nc(SCCCS(=O)(=O)[O-])n2)ccc1S(=O)(=O)[O-].[Na+].[Na+].[Na+].[Na+].[Na+]. The summed E-state index contributed by atoms with van der Waals surface area (Å²) in [4.78, 5) is 35.7. The Labute approximate surface area is 477 Å². The standard InChI is InChI=1S/C25H24Cl2N8O15S6.5Na/c26-13-11-18(56(48,49)50)14(27)10-16(13)35-21(36)19(20(34-35)22(37)38)33-32-15-9-12(3-4-17(15)55(45,46)47)28-23-29-24(51-5-1-7-53(39,40)41)31-25(30-23)52-6-2-8-54(42,43)44;;;;;/h3-4,9-11,19H,1-2,5-8H2,(H,37,38)(H,39,40,41)(H,42,43,44)(H,45,46,47)(H,48,49,50)(H,28,29,30,31);;;;;/q;5*+1/p-5. The van der Waals surface area contributed by atoms with E-state index in [1.54, 1.807) is 0 Å². The number of nitrogens with one attached hydrogen (secondary N) is 1. The molecule has 2 heterocycles. The van der Waals surface area contributed by atoms with Gasteiger partial charge in [0, 0.05) is 28.7 Å². The van der Waals surface area contributed by atoms with Gasteiger partial charge in [-0.2, -0.15) is 35.3 Å². The van der Waals surface area contributed by atoms with E-state index in [0.717, 1.165) is 47.8 Å². The second-order valence-corrected chi connectivity index (χ2v) is 19.3. The van der Waals surface area contributed by atoms with Crippen LogP contribution in [-0.4, -0.2) is 113 Å². The molecular formula is C25H19Cl2N8Na5O15S6. The van der Waals surface area contributed by atoms with Crippen molar-refractivity contribution in [3.8, 4) is 0 Å². The number of thioether (sulfide) groups is 2. The Kier molecular flexibility index (Phi) is 29.0. The van der Waals surface area contributed by atoms with E-state index in [4.69, 9.17) is 23.2 Å². The van der Waals surface area contributed by atoms with Crippen molar-refractivity contribution >= 4 is 128 Å². The van der Waals surface area contributed by atoms with E-state index in [9.17, 15) is 66.6 Å². The molecule has 0 saturated carbocycles. The van der Waals surface area contributed by atoms with Crippen LogP contribution >= 0.6 is 46.7 Å². The van der Waals surface area contributed by atoms with E-state index < -0.39 is 107 Å². The number of rotatable bonds is 18. The molecule has 3 aromatic rings. The zero-order valence-corrected chi connectivity index (χ0v) is 48.6. The minimum absolute atomic E-state index is 0. The number of carboxylic acid groups (broad SMARTS) is 1. The van der Waals surface area contributed by atoms with Crippen molar-refractivity contribution in [1.29, 1.82) is 0 Å². The quantitative estimate of drug-likeness (QED) is 0.0406.